The number of allylic oxidation sites excluding steroid dienone is 1. The summed E-state index contributed by atoms with van der Waals surface area (Å²) in [5.41, 5.74) is 4.11. The zero-order valence-corrected chi connectivity index (χ0v) is 18.2. The second kappa shape index (κ2) is 9.51. The second-order valence-electron chi connectivity index (χ2n) is 8.15. The lowest BCUT2D eigenvalue weighted by molar-refractivity contribution is 0.0382. The van der Waals surface area contributed by atoms with Gasteiger partial charge >= 0.3 is 0 Å². The summed E-state index contributed by atoms with van der Waals surface area (Å²) in [5, 5.41) is 13.0. The number of benzene rings is 1. The molecule has 0 spiro atoms. The number of thioether (sulfide) groups is 1. The molecule has 1 atom stereocenters. The van der Waals surface area contributed by atoms with E-state index in [1.165, 1.54) is 29.7 Å². The van der Waals surface area contributed by atoms with E-state index in [0.29, 0.717) is 6.04 Å². The third kappa shape index (κ3) is 4.72. The van der Waals surface area contributed by atoms with Gasteiger partial charge in [0.05, 0.1) is 19.8 Å². The van der Waals surface area contributed by atoms with Crippen LogP contribution in [0.15, 0.2) is 46.8 Å². The quantitative estimate of drug-likeness (QED) is 0.660. The highest BCUT2D eigenvalue weighted by molar-refractivity contribution is 7.98. The Labute approximate surface area is 182 Å². The van der Waals surface area contributed by atoms with Gasteiger partial charge in [0.1, 0.15) is 0 Å². The molecule has 0 radical (unpaired) electrons. The van der Waals surface area contributed by atoms with E-state index < -0.39 is 0 Å². The van der Waals surface area contributed by atoms with E-state index >= 15 is 0 Å². The second-order valence-corrected chi connectivity index (χ2v) is 9.09. The zero-order chi connectivity index (χ0) is 20.2. The number of aromatic nitrogens is 3. The monoisotopic (exact) mass is 426 g/mol. The molecule has 160 valence electrons. The molecule has 1 unspecified atom stereocenters. The van der Waals surface area contributed by atoms with Gasteiger partial charge in [0.25, 0.3) is 0 Å². The van der Waals surface area contributed by atoms with Crippen LogP contribution in [0.1, 0.15) is 24.8 Å². The highest BCUT2D eigenvalue weighted by atomic mass is 32.2. The number of nitrogens with zero attached hydrogens (tertiary/aromatic N) is 4. The van der Waals surface area contributed by atoms with Crippen molar-refractivity contribution in [2.75, 3.05) is 44.7 Å². The Morgan fingerprint density at radius 3 is 2.93 bits per heavy atom. The fourth-order valence-corrected chi connectivity index (χ4v) is 5.21. The van der Waals surface area contributed by atoms with E-state index in [9.17, 15) is 0 Å². The number of anilines is 1. The van der Waals surface area contributed by atoms with Crippen LogP contribution in [0.4, 0.5) is 5.95 Å². The normalized spacial score (nSPS) is 21.8. The molecule has 7 nitrogen and oxygen atoms in total. The molecule has 1 saturated heterocycles. The first kappa shape index (κ1) is 20.1. The summed E-state index contributed by atoms with van der Waals surface area (Å²) in [7, 11) is 0. The Morgan fingerprint density at radius 1 is 1.20 bits per heavy atom. The molecular weight excluding hydrogens is 396 g/mol. The van der Waals surface area contributed by atoms with E-state index in [-0.39, 0.29) is 0 Å². The van der Waals surface area contributed by atoms with Crippen LogP contribution in [0.2, 0.25) is 0 Å². The Hall–Kier alpha value is -1.87. The van der Waals surface area contributed by atoms with Crippen molar-refractivity contribution in [3.8, 4) is 0 Å². The van der Waals surface area contributed by atoms with Crippen LogP contribution in [0, 0.1) is 0 Å². The van der Waals surface area contributed by atoms with Crippen LogP contribution in [0.3, 0.4) is 0 Å². The van der Waals surface area contributed by atoms with Crippen molar-refractivity contribution in [3.05, 3.63) is 47.2 Å². The number of rotatable bonds is 7. The molecule has 2 N–H and O–H groups in total. The number of hydrogen-bond acceptors (Lipinski definition) is 7. The van der Waals surface area contributed by atoms with Crippen molar-refractivity contribution < 1.29 is 4.74 Å². The summed E-state index contributed by atoms with van der Waals surface area (Å²) in [4.78, 5) is 7.25. The van der Waals surface area contributed by atoms with Gasteiger partial charge in [-0.1, -0.05) is 42.1 Å². The number of morpholine rings is 1. The van der Waals surface area contributed by atoms with E-state index in [4.69, 9.17) is 14.8 Å². The number of hydrogen-bond donors (Lipinski definition) is 2. The van der Waals surface area contributed by atoms with E-state index in [1.54, 1.807) is 11.8 Å². The first-order valence-corrected chi connectivity index (χ1v) is 12.0. The van der Waals surface area contributed by atoms with Gasteiger partial charge in [-0.15, -0.1) is 5.10 Å². The summed E-state index contributed by atoms with van der Waals surface area (Å²) in [6.45, 7) is 6.77. The lowest BCUT2D eigenvalue weighted by Gasteiger charge is -2.34. The van der Waals surface area contributed by atoms with Gasteiger partial charge in [-0.3, -0.25) is 4.90 Å². The third-order valence-electron chi connectivity index (χ3n) is 6.07. The Morgan fingerprint density at radius 2 is 2.07 bits per heavy atom. The maximum atomic E-state index is 5.45. The molecule has 0 amide bonds. The molecule has 0 bridgehead atoms. The van der Waals surface area contributed by atoms with Gasteiger partial charge in [0.15, 0.2) is 0 Å². The molecule has 30 heavy (non-hydrogen) atoms. The minimum absolute atomic E-state index is 0.390. The molecule has 1 aromatic carbocycles. The Balaban J connectivity index is 1.18. The highest BCUT2D eigenvalue weighted by Crippen LogP contribution is 2.32. The minimum Gasteiger partial charge on any atom is -0.379 e. The maximum Gasteiger partial charge on any atom is 0.226 e. The summed E-state index contributed by atoms with van der Waals surface area (Å²) in [6.07, 6.45) is 3.56. The summed E-state index contributed by atoms with van der Waals surface area (Å²) >= 11 is 1.70. The standard InChI is InChI=1S/C22H30N6OS/c1-2-5-17(6-3-1)16-30-22-25-21-24-20-18(15-28(21)26-22)7-4-8-19(20)23-9-10-27-11-13-29-14-12-27/h1-3,5-6,19,23H,4,7-16H2,(H,24,25,26). The Bertz CT molecular complexity index is 877. The average molecular weight is 427 g/mol. The molecular formula is C22H30N6OS. The van der Waals surface area contributed by atoms with Crippen molar-refractivity contribution in [2.24, 2.45) is 0 Å². The van der Waals surface area contributed by atoms with E-state index in [2.05, 4.69) is 39.8 Å². The van der Waals surface area contributed by atoms with Gasteiger partial charge in [-0.05, 0) is 30.4 Å². The van der Waals surface area contributed by atoms with Gasteiger partial charge < -0.3 is 15.4 Å². The molecule has 1 aromatic heterocycles. The van der Waals surface area contributed by atoms with Crippen LogP contribution >= 0.6 is 11.8 Å². The lowest BCUT2D eigenvalue weighted by atomic mass is 9.91. The first-order chi connectivity index (χ1) is 14.8. The van der Waals surface area contributed by atoms with Crippen molar-refractivity contribution in [1.82, 2.24) is 25.0 Å². The minimum atomic E-state index is 0.390. The fourth-order valence-electron chi connectivity index (χ4n) is 4.42. The van der Waals surface area contributed by atoms with Gasteiger partial charge in [0.2, 0.25) is 11.1 Å². The van der Waals surface area contributed by atoms with Crippen LogP contribution < -0.4 is 10.6 Å². The fraction of sp³-hybridized carbons (Fsp3) is 0.545. The number of nitrogens with one attached hydrogen (secondary N) is 2. The van der Waals surface area contributed by atoms with Crippen LogP contribution in [0.5, 0.6) is 0 Å². The molecule has 2 aromatic rings. The van der Waals surface area contributed by atoms with Crippen LogP contribution in [-0.4, -0.2) is 65.1 Å². The molecule has 0 saturated carbocycles. The molecule has 2 aliphatic heterocycles. The zero-order valence-electron chi connectivity index (χ0n) is 17.3. The largest absolute Gasteiger partial charge is 0.379 e. The highest BCUT2D eigenvalue weighted by Gasteiger charge is 2.29. The Kier molecular flexibility index (Phi) is 6.36. The molecule has 8 heteroatoms. The third-order valence-corrected chi connectivity index (χ3v) is 6.98. The molecule has 1 aliphatic carbocycles. The molecule has 5 rings (SSSR count). The summed E-state index contributed by atoms with van der Waals surface area (Å²) < 4.78 is 7.48. The molecule has 1 fully saturated rings. The average Bonchev–Trinajstić information content (AvgIpc) is 3.20. The maximum absolute atomic E-state index is 5.45. The van der Waals surface area contributed by atoms with Crippen molar-refractivity contribution in [2.45, 2.75) is 42.8 Å². The van der Waals surface area contributed by atoms with Gasteiger partial charge in [-0.2, -0.15) is 4.98 Å². The topological polar surface area (TPSA) is 67.2 Å². The van der Waals surface area contributed by atoms with Crippen molar-refractivity contribution in [1.29, 1.82) is 0 Å². The molecule has 3 aliphatic rings. The van der Waals surface area contributed by atoms with Crippen LogP contribution in [-0.2, 0) is 17.0 Å². The van der Waals surface area contributed by atoms with Gasteiger partial charge in [0, 0.05) is 43.7 Å². The SMILES string of the molecule is c1ccc(CSc2nc3n(n2)CC2=C(N3)C(NCCN3CCOCC3)CCC2)cc1. The molecule has 3 heterocycles. The number of fused-ring (bicyclic) bond motifs is 1. The smallest absolute Gasteiger partial charge is 0.226 e. The lowest BCUT2D eigenvalue weighted by Crippen LogP contribution is -2.45. The summed E-state index contributed by atoms with van der Waals surface area (Å²) in [5.74, 6) is 1.77. The van der Waals surface area contributed by atoms with Crippen molar-refractivity contribution >= 4 is 17.7 Å². The van der Waals surface area contributed by atoms with Gasteiger partial charge in [-0.25, -0.2) is 4.68 Å². The van der Waals surface area contributed by atoms with E-state index in [1.807, 2.05) is 10.7 Å². The predicted octanol–water partition coefficient (Wildman–Crippen LogP) is 2.72. The number of ether oxygens (including phenoxy) is 1. The van der Waals surface area contributed by atoms with Crippen molar-refractivity contribution in [3.63, 3.8) is 0 Å². The summed E-state index contributed by atoms with van der Waals surface area (Å²) in [6, 6.07) is 10.9. The van der Waals surface area contributed by atoms with E-state index in [0.717, 1.165) is 69.2 Å². The first-order valence-electron chi connectivity index (χ1n) is 11.0. The predicted molar refractivity (Wildman–Crippen MR) is 120 cm³/mol. The van der Waals surface area contributed by atoms with Crippen LogP contribution in [0.25, 0.3) is 0 Å².